The molecule has 2 heteroatoms. The molecule has 13 heavy (non-hydrogen) atoms. The lowest BCUT2D eigenvalue weighted by Gasteiger charge is -2.01. The molecular formula is C11H10S2. The third-order valence-corrected chi connectivity index (χ3v) is 3.22. The summed E-state index contributed by atoms with van der Waals surface area (Å²) in [7, 11) is 0. The molecule has 0 N–H and O–H groups in total. The summed E-state index contributed by atoms with van der Waals surface area (Å²) < 4.78 is 1.07. The number of rotatable bonds is 1. The van der Waals surface area contributed by atoms with Crippen molar-refractivity contribution in [2.45, 2.75) is 11.1 Å². The van der Waals surface area contributed by atoms with Crippen LogP contribution in [0.2, 0.25) is 0 Å². The number of hydrogen-bond acceptors (Lipinski definition) is 2. The zero-order valence-corrected chi connectivity index (χ0v) is 9.03. The maximum absolute atomic E-state index is 4.31. The van der Waals surface area contributed by atoms with Crippen molar-refractivity contribution in [3.8, 4) is 11.1 Å². The predicted molar refractivity (Wildman–Crippen MR) is 61.7 cm³/mol. The van der Waals surface area contributed by atoms with Crippen molar-refractivity contribution >= 4 is 24.0 Å². The van der Waals surface area contributed by atoms with Crippen LogP contribution in [0, 0.1) is 6.92 Å². The van der Waals surface area contributed by atoms with Crippen molar-refractivity contribution < 1.29 is 0 Å². The van der Waals surface area contributed by atoms with Gasteiger partial charge in [-0.15, -0.1) is 24.0 Å². The van der Waals surface area contributed by atoms with Crippen molar-refractivity contribution in [3.05, 3.63) is 41.3 Å². The summed E-state index contributed by atoms with van der Waals surface area (Å²) in [6, 6.07) is 10.5. The van der Waals surface area contributed by atoms with Crippen LogP contribution in [0.5, 0.6) is 0 Å². The topological polar surface area (TPSA) is 0 Å². The van der Waals surface area contributed by atoms with Gasteiger partial charge in [-0.1, -0.05) is 24.3 Å². The Morgan fingerprint density at radius 2 is 2.00 bits per heavy atom. The van der Waals surface area contributed by atoms with Gasteiger partial charge < -0.3 is 0 Å². The smallest absolute Gasteiger partial charge is 0.0574 e. The minimum absolute atomic E-state index is 1.07. The highest BCUT2D eigenvalue weighted by Gasteiger charge is 2.01. The molecule has 1 heterocycles. The first kappa shape index (κ1) is 8.85. The Kier molecular flexibility index (Phi) is 2.42. The fourth-order valence-corrected chi connectivity index (χ4v) is 2.30. The molecule has 0 radical (unpaired) electrons. The monoisotopic (exact) mass is 206 g/mol. The van der Waals surface area contributed by atoms with E-state index in [0.29, 0.717) is 0 Å². The van der Waals surface area contributed by atoms with E-state index in [-0.39, 0.29) is 0 Å². The van der Waals surface area contributed by atoms with Gasteiger partial charge >= 0.3 is 0 Å². The molecule has 0 amide bonds. The van der Waals surface area contributed by atoms with Gasteiger partial charge in [0, 0.05) is 0 Å². The molecule has 1 aromatic carbocycles. The van der Waals surface area contributed by atoms with Crippen LogP contribution in [0.4, 0.5) is 0 Å². The zero-order valence-electron chi connectivity index (χ0n) is 7.32. The summed E-state index contributed by atoms with van der Waals surface area (Å²) in [5.41, 5.74) is 3.89. The van der Waals surface area contributed by atoms with E-state index >= 15 is 0 Å². The zero-order chi connectivity index (χ0) is 9.26. The number of thiol groups is 1. The Morgan fingerprint density at radius 3 is 2.62 bits per heavy atom. The van der Waals surface area contributed by atoms with Gasteiger partial charge in [-0.05, 0) is 35.1 Å². The number of thiophene rings is 1. The fourth-order valence-electron chi connectivity index (χ4n) is 1.36. The largest absolute Gasteiger partial charge is 0.137 e. The second-order valence-electron chi connectivity index (χ2n) is 2.99. The lowest BCUT2D eigenvalue weighted by molar-refractivity contribution is 1.46. The van der Waals surface area contributed by atoms with E-state index in [0.717, 1.165) is 4.21 Å². The predicted octanol–water partition coefficient (Wildman–Crippen LogP) is 4.01. The molecule has 0 aliphatic heterocycles. The van der Waals surface area contributed by atoms with Crippen LogP contribution in [-0.4, -0.2) is 0 Å². The molecule has 0 atom stereocenters. The molecule has 0 aliphatic rings. The molecule has 2 aromatic rings. The molecule has 66 valence electrons. The first-order valence-electron chi connectivity index (χ1n) is 4.11. The van der Waals surface area contributed by atoms with Crippen LogP contribution in [0.3, 0.4) is 0 Å². The minimum atomic E-state index is 1.07. The molecule has 0 unspecified atom stereocenters. The number of hydrogen-bond donors (Lipinski definition) is 1. The first-order valence-corrected chi connectivity index (χ1v) is 5.43. The lowest BCUT2D eigenvalue weighted by Crippen LogP contribution is -1.78. The summed E-state index contributed by atoms with van der Waals surface area (Å²) in [5.74, 6) is 0. The molecule has 0 aliphatic carbocycles. The van der Waals surface area contributed by atoms with Crippen molar-refractivity contribution in [2.24, 2.45) is 0 Å². The molecule has 0 bridgehead atoms. The highest BCUT2D eigenvalue weighted by molar-refractivity contribution is 7.82. The fraction of sp³-hybridized carbons (Fsp3) is 0.0909. The minimum Gasteiger partial charge on any atom is -0.137 e. The lowest BCUT2D eigenvalue weighted by atomic mass is 10.0. The highest BCUT2D eigenvalue weighted by atomic mass is 32.2. The van der Waals surface area contributed by atoms with Gasteiger partial charge in [0.1, 0.15) is 0 Å². The average molecular weight is 206 g/mol. The Bertz CT molecular complexity index is 416. The van der Waals surface area contributed by atoms with Crippen LogP contribution in [0.25, 0.3) is 11.1 Å². The average Bonchev–Trinajstić information content (AvgIpc) is 2.53. The Hall–Kier alpha value is -0.730. The van der Waals surface area contributed by atoms with Gasteiger partial charge in [-0.2, -0.15) is 0 Å². The van der Waals surface area contributed by atoms with Gasteiger partial charge in [-0.3, -0.25) is 0 Å². The molecule has 2 rings (SSSR count). The van der Waals surface area contributed by atoms with Crippen molar-refractivity contribution in [1.82, 2.24) is 0 Å². The quantitative estimate of drug-likeness (QED) is 0.670. The molecule has 0 fully saturated rings. The second-order valence-corrected chi connectivity index (χ2v) is 4.68. The molecule has 0 spiro atoms. The van der Waals surface area contributed by atoms with Crippen LogP contribution < -0.4 is 0 Å². The first-order chi connectivity index (χ1) is 6.27. The summed E-state index contributed by atoms with van der Waals surface area (Å²) in [5, 5.41) is 2.14. The van der Waals surface area contributed by atoms with E-state index in [1.165, 1.54) is 16.7 Å². The van der Waals surface area contributed by atoms with E-state index in [1.807, 2.05) is 0 Å². The standard InChI is InChI=1S/C11H10S2/c1-8-4-2-3-5-10(8)9-6-11(12)13-7-9/h2-7,12H,1H3. The van der Waals surface area contributed by atoms with Crippen LogP contribution in [0.15, 0.2) is 39.9 Å². The van der Waals surface area contributed by atoms with E-state index in [1.54, 1.807) is 11.3 Å². The molecule has 0 nitrogen and oxygen atoms in total. The Labute approximate surface area is 87.6 Å². The summed E-state index contributed by atoms with van der Waals surface area (Å²) in [6.45, 7) is 2.13. The molecule has 0 saturated heterocycles. The maximum atomic E-state index is 4.31. The summed E-state index contributed by atoms with van der Waals surface area (Å²) in [6.07, 6.45) is 0. The molecule has 0 saturated carbocycles. The highest BCUT2D eigenvalue weighted by Crippen LogP contribution is 2.29. The third kappa shape index (κ3) is 1.79. The van der Waals surface area contributed by atoms with E-state index in [9.17, 15) is 0 Å². The number of benzene rings is 1. The molecular weight excluding hydrogens is 196 g/mol. The number of aryl methyl sites for hydroxylation is 1. The van der Waals surface area contributed by atoms with Gasteiger partial charge in [0.05, 0.1) is 4.21 Å². The van der Waals surface area contributed by atoms with Crippen LogP contribution >= 0.6 is 24.0 Å². The SMILES string of the molecule is Cc1ccccc1-c1csc(S)c1. The van der Waals surface area contributed by atoms with Crippen LogP contribution in [-0.2, 0) is 0 Å². The second kappa shape index (κ2) is 3.56. The third-order valence-electron chi connectivity index (χ3n) is 2.04. The van der Waals surface area contributed by atoms with Crippen LogP contribution in [0.1, 0.15) is 5.56 Å². The van der Waals surface area contributed by atoms with Gasteiger partial charge in [0.25, 0.3) is 0 Å². The summed E-state index contributed by atoms with van der Waals surface area (Å²) >= 11 is 5.98. The van der Waals surface area contributed by atoms with Crippen molar-refractivity contribution in [1.29, 1.82) is 0 Å². The summed E-state index contributed by atoms with van der Waals surface area (Å²) in [4.78, 5) is 0. The van der Waals surface area contributed by atoms with E-state index < -0.39 is 0 Å². The van der Waals surface area contributed by atoms with E-state index in [2.05, 4.69) is 55.3 Å². The van der Waals surface area contributed by atoms with Gasteiger partial charge in [0.2, 0.25) is 0 Å². The Morgan fingerprint density at radius 1 is 1.23 bits per heavy atom. The van der Waals surface area contributed by atoms with Gasteiger partial charge in [-0.25, -0.2) is 0 Å². The van der Waals surface area contributed by atoms with Crippen molar-refractivity contribution in [2.75, 3.05) is 0 Å². The Balaban J connectivity index is 2.52. The normalized spacial score (nSPS) is 10.3. The van der Waals surface area contributed by atoms with Crippen molar-refractivity contribution in [3.63, 3.8) is 0 Å². The van der Waals surface area contributed by atoms with Gasteiger partial charge in [0.15, 0.2) is 0 Å². The molecule has 1 aromatic heterocycles. The maximum Gasteiger partial charge on any atom is 0.0574 e. The van der Waals surface area contributed by atoms with E-state index in [4.69, 9.17) is 0 Å².